The van der Waals surface area contributed by atoms with Crippen LogP contribution in [-0.2, 0) is 0 Å². The quantitative estimate of drug-likeness (QED) is 0.430. The molecule has 0 aliphatic heterocycles. The van der Waals surface area contributed by atoms with E-state index in [1.807, 2.05) is 54.9 Å². The highest BCUT2D eigenvalue weighted by molar-refractivity contribution is 5.71. The van der Waals surface area contributed by atoms with Gasteiger partial charge in [-0.05, 0) is 54.4 Å². The van der Waals surface area contributed by atoms with Crippen LogP contribution in [0.15, 0.2) is 91.6 Å². The van der Waals surface area contributed by atoms with Crippen LogP contribution >= 0.6 is 0 Å². The maximum atomic E-state index is 13.3. The molecule has 138 valence electrons. The predicted octanol–water partition coefficient (Wildman–Crippen LogP) is 5.58. The van der Waals surface area contributed by atoms with E-state index in [0.717, 1.165) is 28.1 Å². The van der Waals surface area contributed by atoms with E-state index in [-0.39, 0.29) is 6.04 Å². The largest absolute Gasteiger partial charge is 0.332 e. The van der Waals surface area contributed by atoms with Gasteiger partial charge in [-0.3, -0.25) is 9.97 Å². The number of pyridine rings is 3. The summed E-state index contributed by atoms with van der Waals surface area (Å²) >= 11 is 0. The Morgan fingerprint density at radius 1 is 0.786 bits per heavy atom. The van der Waals surface area contributed by atoms with Gasteiger partial charge in [0.25, 0.3) is 0 Å². The van der Waals surface area contributed by atoms with Crippen molar-refractivity contribution in [2.24, 2.45) is 0 Å². The van der Waals surface area contributed by atoms with Crippen molar-refractivity contribution < 1.29 is 4.39 Å². The molecule has 1 unspecified atom stereocenters. The molecule has 4 aromatic rings. The molecule has 5 heteroatoms. The van der Waals surface area contributed by atoms with Gasteiger partial charge in [0, 0.05) is 24.2 Å². The fourth-order valence-electron chi connectivity index (χ4n) is 3.39. The third kappa shape index (κ3) is 3.60. The number of aromatic nitrogens is 3. The van der Waals surface area contributed by atoms with Crippen LogP contribution in [0.5, 0.6) is 0 Å². The maximum Gasteiger partial charge on any atom is 0.212 e. The third-order valence-corrected chi connectivity index (χ3v) is 4.68. The van der Waals surface area contributed by atoms with Crippen molar-refractivity contribution in [1.29, 1.82) is 0 Å². The number of halogens is 1. The molecular formula is C23H19FN4. The zero-order valence-corrected chi connectivity index (χ0v) is 15.4. The Labute approximate surface area is 163 Å². The van der Waals surface area contributed by atoms with E-state index in [0.29, 0.717) is 0 Å². The lowest BCUT2D eigenvalue weighted by molar-refractivity contribution is 0.584. The summed E-state index contributed by atoms with van der Waals surface area (Å²) in [5.41, 5.74) is 4.93. The Hall–Kier alpha value is -3.60. The monoisotopic (exact) mass is 370 g/mol. The fourth-order valence-corrected chi connectivity index (χ4v) is 3.39. The standard InChI is InChI=1S/C23H19FN4/c1-17(21-8-2-3-9-22(21)18-10-11-23(24)27-14-18)28(19-6-4-12-25-15-19)20-7-5-13-26-16-20/h2-17H,1H3. The van der Waals surface area contributed by atoms with Gasteiger partial charge in [-0.1, -0.05) is 24.3 Å². The van der Waals surface area contributed by atoms with Gasteiger partial charge in [-0.2, -0.15) is 4.39 Å². The first-order valence-corrected chi connectivity index (χ1v) is 9.04. The lowest BCUT2D eigenvalue weighted by Gasteiger charge is -2.32. The van der Waals surface area contributed by atoms with E-state index in [2.05, 4.69) is 32.8 Å². The molecule has 0 N–H and O–H groups in total. The van der Waals surface area contributed by atoms with Gasteiger partial charge in [0.05, 0.1) is 29.8 Å². The van der Waals surface area contributed by atoms with Crippen LogP contribution in [-0.4, -0.2) is 15.0 Å². The van der Waals surface area contributed by atoms with E-state index < -0.39 is 5.95 Å². The van der Waals surface area contributed by atoms with Crippen LogP contribution in [0.4, 0.5) is 15.8 Å². The minimum atomic E-state index is -0.485. The van der Waals surface area contributed by atoms with Crippen molar-refractivity contribution in [3.8, 4) is 11.1 Å². The molecular weight excluding hydrogens is 351 g/mol. The normalized spacial score (nSPS) is 11.8. The average molecular weight is 370 g/mol. The van der Waals surface area contributed by atoms with Crippen LogP contribution in [0, 0.1) is 5.95 Å². The SMILES string of the molecule is CC(c1ccccc1-c1ccc(F)nc1)N(c1cccnc1)c1cccnc1. The minimum Gasteiger partial charge on any atom is -0.332 e. The molecule has 0 spiro atoms. The Bertz CT molecular complexity index is 997. The van der Waals surface area contributed by atoms with Gasteiger partial charge in [-0.15, -0.1) is 0 Å². The van der Waals surface area contributed by atoms with E-state index >= 15 is 0 Å². The smallest absolute Gasteiger partial charge is 0.212 e. The average Bonchev–Trinajstić information content (AvgIpc) is 2.76. The highest BCUT2D eigenvalue weighted by atomic mass is 19.1. The van der Waals surface area contributed by atoms with E-state index in [9.17, 15) is 4.39 Å². The lowest BCUT2D eigenvalue weighted by Crippen LogP contribution is -2.22. The molecule has 0 radical (unpaired) electrons. The van der Waals surface area contributed by atoms with Crippen molar-refractivity contribution in [1.82, 2.24) is 15.0 Å². The Kier molecular flexibility index (Phi) is 5.06. The summed E-state index contributed by atoms with van der Waals surface area (Å²) in [5, 5.41) is 0. The highest BCUT2D eigenvalue weighted by Gasteiger charge is 2.21. The molecule has 0 fully saturated rings. The minimum absolute atomic E-state index is 0.0188. The van der Waals surface area contributed by atoms with Crippen molar-refractivity contribution in [3.63, 3.8) is 0 Å². The first kappa shape index (κ1) is 17.8. The molecule has 28 heavy (non-hydrogen) atoms. The number of rotatable bonds is 5. The van der Waals surface area contributed by atoms with E-state index in [1.54, 1.807) is 24.7 Å². The topological polar surface area (TPSA) is 41.9 Å². The first-order valence-electron chi connectivity index (χ1n) is 9.04. The molecule has 0 aliphatic carbocycles. The molecule has 1 aromatic carbocycles. The van der Waals surface area contributed by atoms with Crippen molar-refractivity contribution in [2.45, 2.75) is 13.0 Å². The molecule has 4 rings (SSSR count). The van der Waals surface area contributed by atoms with E-state index in [4.69, 9.17) is 0 Å². The zero-order valence-electron chi connectivity index (χ0n) is 15.4. The molecule has 0 amide bonds. The third-order valence-electron chi connectivity index (χ3n) is 4.68. The molecule has 1 atom stereocenters. The van der Waals surface area contributed by atoms with Gasteiger partial charge in [0.2, 0.25) is 5.95 Å². The van der Waals surface area contributed by atoms with Gasteiger partial charge in [0.15, 0.2) is 0 Å². The highest BCUT2D eigenvalue weighted by Crippen LogP contribution is 2.37. The number of anilines is 2. The number of hydrogen-bond donors (Lipinski definition) is 0. The van der Waals surface area contributed by atoms with Crippen LogP contribution in [0.3, 0.4) is 0 Å². The van der Waals surface area contributed by atoms with Crippen LogP contribution < -0.4 is 4.90 Å². The van der Waals surface area contributed by atoms with Gasteiger partial charge in [-0.25, -0.2) is 4.98 Å². The summed E-state index contributed by atoms with van der Waals surface area (Å²) in [4.78, 5) is 14.6. The predicted molar refractivity (Wildman–Crippen MR) is 109 cm³/mol. The summed E-state index contributed by atoms with van der Waals surface area (Å²) in [7, 11) is 0. The molecule has 3 aromatic heterocycles. The summed E-state index contributed by atoms with van der Waals surface area (Å²) in [6.07, 6.45) is 8.76. The second kappa shape index (κ2) is 7.96. The summed E-state index contributed by atoms with van der Waals surface area (Å²) in [6, 6.07) is 19.1. The molecule has 0 saturated carbocycles. The van der Waals surface area contributed by atoms with Crippen LogP contribution in [0.25, 0.3) is 11.1 Å². The number of hydrogen-bond acceptors (Lipinski definition) is 4. The number of benzene rings is 1. The number of nitrogens with zero attached hydrogens (tertiary/aromatic N) is 4. The van der Waals surface area contributed by atoms with Gasteiger partial charge in [0.1, 0.15) is 0 Å². The van der Waals surface area contributed by atoms with Crippen LogP contribution in [0.2, 0.25) is 0 Å². The van der Waals surface area contributed by atoms with Gasteiger partial charge >= 0.3 is 0 Å². The Balaban J connectivity index is 1.82. The second-order valence-electron chi connectivity index (χ2n) is 6.43. The van der Waals surface area contributed by atoms with Crippen molar-refractivity contribution >= 4 is 11.4 Å². The Morgan fingerprint density at radius 2 is 1.46 bits per heavy atom. The molecule has 0 bridgehead atoms. The molecule has 0 aliphatic rings. The van der Waals surface area contributed by atoms with E-state index in [1.165, 1.54) is 6.07 Å². The fraction of sp³-hybridized carbons (Fsp3) is 0.0870. The first-order chi connectivity index (χ1) is 13.7. The summed E-state index contributed by atoms with van der Waals surface area (Å²) < 4.78 is 13.3. The summed E-state index contributed by atoms with van der Waals surface area (Å²) in [5.74, 6) is -0.485. The maximum absolute atomic E-state index is 13.3. The molecule has 3 heterocycles. The van der Waals surface area contributed by atoms with Crippen molar-refractivity contribution in [3.05, 3.63) is 103 Å². The zero-order chi connectivity index (χ0) is 19.3. The molecule has 4 nitrogen and oxygen atoms in total. The Morgan fingerprint density at radius 3 is 2.04 bits per heavy atom. The van der Waals surface area contributed by atoms with Crippen molar-refractivity contribution in [2.75, 3.05) is 4.90 Å². The van der Waals surface area contributed by atoms with Crippen LogP contribution in [0.1, 0.15) is 18.5 Å². The summed E-state index contributed by atoms with van der Waals surface area (Å²) in [6.45, 7) is 2.13. The molecule has 0 saturated heterocycles. The lowest BCUT2D eigenvalue weighted by atomic mass is 9.95. The second-order valence-corrected chi connectivity index (χ2v) is 6.43. The van der Waals surface area contributed by atoms with Gasteiger partial charge < -0.3 is 4.90 Å².